The Morgan fingerprint density at radius 3 is 2.05 bits per heavy atom. The lowest BCUT2D eigenvalue weighted by atomic mass is 10.2. The third kappa shape index (κ3) is 4.52. The monoisotopic (exact) mass is 309 g/mol. The van der Waals surface area contributed by atoms with Crippen LogP contribution in [-0.4, -0.2) is 19.8 Å². The number of nitrogens with two attached hydrogens (primary N) is 1. The second kappa shape index (κ2) is 7.69. The van der Waals surface area contributed by atoms with Crippen LogP contribution in [0.3, 0.4) is 0 Å². The quantitative estimate of drug-likeness (QED) is 0.744. The fourth-order valence-corrected chi connectivity index (χ4v) is 3.24. The van der Waals surface area contributed by atoms with Gasteiger partial charge in [-0.1, -0.05) is 12.1 Å². The van der Waals surface area contributed by atoms with Crippen molar-refractivity contribution in [2.45, 2.75) is 26.2 Å². The molecule has 114 valence electrons. The molecule has 5 nitrogen and oxygen atoms in total. The number of hydrogen-bond donors (Lipinski definition) is 1. The SMILES string of the molecule is CCOP(=O)(OCC)[C@H](N)c1ccc(OC(F)F)cc1. The van der Waals surface area contributed by atoms with Crippen LogP contribution >= 0.6 is 7.60 Å². The molecular formula is C12H18F2NO4P. The first-order valence-electron chi connectivity index (χ1n) is 6.12. The normalized spacial score (nSPS) is 13.5. The van der Waals surface area contributed by atoms with Crippen molar-refractivity contribution in [3.8, 4) is 5.75 Å². The van der Waals surface area contributed by atoms with Gasteiger partial charge in [0.05, 0.1) is 13.2 Å². The van der Waals surface area contributed by atoms with Crippen molar-refractivity contribution >= 4 is 7.60 Å². The predicted octanol–water partition coefficient (Wildman–Crippen LogP) is 3.51. The van der Waals surface area contributed by atoms with E-state index in [9.17, 15) is 13.3 Å². The van der Waals surface area contributed by atoms with Gasteiger partial charge in [-0.15, -0.1) is 0 Å². The molecule has 0 saturated carbocycles. The van der Waals surface area contributed by atoms with Crippen molar-refractivity contribution < 1.29 is 27.1 Å². The van der Waals surface area contributed by atoms with Gasteiger partial charge in [0.1, 0.15) is 11.5 Å². The zero-order valence-electron chi connectivity index (χ0n) is 11.3. The molecule has 1 aromatic rings. The molecule has 2 N–H and O–H groups in total. The second-order valence-corrected chi connectivity index (χ2v) is 5.92. The van der Waals surface area contributed by atoms with Crippen molar-refractivity contribution in [3.05, 3.63) is 29.8 Å². The number of halogens is 2. The molecule has 0 heterocycles. The topological polar surface area (TPSA) is 70.8 Å². The first kappa shape index (κ1) is 17.0. The second-order valence-electron chi connectivity index (χ2n) is 3.77. The minimum absolute atomic E-state index is 0.00129. The van der Waals surface area contributed by atoms with Crippen molar-refractivity contribution in [1.82, 2.24) is 0 Å². The Morgan fingerprint density at radius 1 is 1.15 bits per heavy atom. The van der Waals surface area contributed by atoms with Gasteiger partial charge in [0, 0.05) is 0 Å². The van der Waals surface area contributed by atoms with E-state index in [4.69, 9.17) is 14.8 Å². The van der Waals surface area contributed by atoms with Gasteiger partial charge in [-0.05, 0) is 31.5 Å². The number of rotatable bonds is 8. The minimum Gasteiger partial charge on any atom is -0.435 e. The molecule has 0 saturated heterocycles. The maximum atomic E-state index is 12.5. The summed E-state index contributed by atoms with van der Waals surface area (Å²) >= 11 is 0. The zero-order chi connectivity index (χ0) is 15.2. The fraction of sp³-hybridized carbons (Fsp3) is 0.500. The molecule has 0 fully saturated rings. The lowest BCUT2D eigenvalue weighted by Gasteiger charge is -2.23. The van der Waals surface area contributed by atoms with E-state index in [1.54, 1.807) is 13.8 Å². The predicted molar refractivity (Wildman–Crippen MR) is 70.9 cm³/mol. The Balaban J connectivity index is 2.89. The molecule has 0 unspecified atom stereocenters. The third-order valence-electron chi connectivity index (χ3n) is 2.41. The van der Waals surface area contributed by atoms with Crippen LogP contribution in [0.15, 0.2) is 24.3 Å². The highest BCUT2D eigenvalue weighted by atomic mass is 31.2. The summed E-state index contributed by atoms with van der Waals surface area (Å²) in [5.41, 5.74) is 6.35. The molecule has 1 rings (SSSR count). The highest BCUT2D eigenvalue weighted by molar-refractivity contribution is 7.54. The van der Waals surface area contributed by atoms with Crippen LogP contribution in [0.4, 0.5) is 8.78 Å². The van der Waals surface area contributed by atoms with Gasteiger partial charge in [0.2, 0.25) is 0 Å². The Hall–Kier alpha value is -1.01. The highest BCUT2D eigenvalue weighted by Gasteiger charge is 2.33. The number of hydrogen-bond acceptors (Lipinski definition) is 5. The summed E-state index contributed by atoms with van der Waals surface area (Å²) < 4.78 is 51.0. The summed E-state index contributed by atoms with van der Waals surface area (Å²) in [6.45, 7) is 0.845. The fourth-order valence-electron chi connectivity index (χ4n) is 1.59. The summed E-state index contributed by atoms with van der Waals surface area (Å²) in [4.78, 5) is 0. The third-order valence-corrected chi connectivity index (χ3v) is 4.62. The Labute approximate surface area is 116 Å². The van der Waals surface area contributed by atoms with E-state index in [1.807, 2.05) is 0 Å². The van der Waals surface area contributed by atoms with Gasteiger partial charge in [-0.25, -0.2) is 0 Å². The molecule has 8 heteroatoms. The van der Waals surface area contributed by atoms with E-state index < -0.39 is 20.0 Å². The maximum Gasteiger partial charge on any atom is 0.387 e. The van der Waals surface area contributed by atoms with E-state index >= 15 is 0 Å². The average Bonchev–Trinajstić information content (AvgIpc) is 2.38. The molecule has 0 aliphatic rings. The minimum atomic E-state index is -3.49. The molecule has 0 radical (unpaired) electrons. The summed E-state index contributed by atoms with van der Waals surface area (Å²) in [5.74, 6) is -0.985. The van der Waals surface area contributed by atoms with Crippen LogP contribution in [0, 0.1) is 0 Å². The maximum absolute atomic E-state index is 12.5. The van der Waals surface area contributed by atoms with Crippen LogP contribution in [0.2, 0.25) is 0 Å². The van der Waals surface area contributed by atoms with Crippen LogP contribution in [0.1, 0.15) is 25.2 Å². The van der Waals surface area contributed by atoms with Crippen LogP contribution in [0.5, 0.6) is 5.75 Å². The molecular weight excluding hydrogens is 291 g/mol. The van der Waals surface area contributed by atoms with Gasteiger partial charge < -0.3 is 19.5 Å². The van der Waals surface area contributed by atoms with Crippen LogP contribution in [0.25, 0.3) is 0 Å². The standard InChI is InChI=1S/C12H18F2NO4P/c1-3-17-20(16,18-4-2)11(15)9-5-7-10(8-6-9)19-12(13)14/h5-8,11-12H,3-4,15H2,1-2H3/t11-/m0/s1. The Bertz CT molecular complexity index is 445. The van der Waals surface area contributed by atoms with E-state index in [1.165, 1.54) is 24.3 Å². The molecule has 0 aromatic heterocycles. The van der Waals surface area contributed by atoms with Gasteiger partial charge in [-0.2, -0.15) is 8.78 Å². The smallest absolute Gasteiger partial charge is 0.387 e. The molecule has 0 aliphatic heterocycles. The number of alkyl halides is 2. The molecule has 20 heavy (non-hydrogen) atoms. The molecule has 0 spiro atoms. The zero-order valence-corrected chi connectivity index (χ0v) is 12.2. The molecule has 1 aromatic carbocycles. The summed E-state index contributed by atoms with van der Waals surface area (Å²) in [5, 5.41) is 0. The van der Waals surface area contributed by atoms with E-state index in [0.717, 1.165) is 0 Å². The summed E-state index contributed by atoms with van der Waals surface area (Å²) in [6.07, 6.45) is 0. The first-order chi connectivity index (χ1) is 9.42. The molecule has 1 atom stereocenters. The summed E-state index contributed by atoms with van der Waals surface area (Å²) in [7, 11) is -3.49. The lowest BCUT2D eigenvalue weighted by molar-refractivity contribution is -0.0498. The Kier molecular flexibility index (Phi) is 6.55. The number of ether oxygens (including phenoxy) is 1. The van der Waals surface area contributed by atoms with Crippen molar-refractivity contribution in [1.29, 1.82) is 0 Å². The Morgan fingerprint density at radius 2 is 1.65 bits per heavy atom. The van der Waals surface area contributed by atoms with Gasteiger partial charge in [0.15, 0.2) is 0 Å². The van der Waals surface area contributed by atoms with Gasteiger partial charge in [-0.3, -0.25) is 4.57 Å². The highest BCUT2D eigenvalue weighted by Crippen LogP contribution is 2.58. The lowest BCUT2D eigenvalue weighted by Crippen LogP contribution is -2.15. The van der Waals surface area contributed by atoms with Crippen LogP contribution in [-0.2, 0) is 13.6 Å². The molecule has 0 aliphatic carbocycles. The van der Waals surface area contributed by atoms with E-state index in [-0.39, 0.29) is 19.0 Å². The van der Waals surface area contributed by atoms with Gasteiger partial charge in [0.25, 0.3) is 0 Å². The first-order valence-corrected chi connectivity index (χ1v) is 7.73. The van der Waals surface area contributed by atoms with Gasteiger partial charge >= 0.3 is 14.2 Å². The van der Waals surface area contributed by atoms with E-state index in [0.29, 0.717) is 5.56 Å². The van der Waals surface area contributed by atoms with E-state index in [2.05, 4.69) is 4.74 Å². The largest absolute Gasteiger partial charge is 0.435 e. The molecule has 0 amide bonds. The average molecular weight is 309 g/mol. The van der Waals surface area contributed by atoms with Crippen molar-refractivity contribution in [2.24, 2.45) is 5.73 Å². The number of benzene rings is 1. The van der Waals surface area contributed by atoms with Crippen molar-refractivity contribution in [2.75, 3.05) is 13.2 Å². The van der Waals surface area contributed by atoms with Crippen LogP contribution < -0.4 is 10.5 Å². The molecule has 0 bridgehead atoms. The summed E-state index contributed by atoms with van der Waals surface area (Å²) in [6, 6.07) is 5.55. The van der Waals surface area contributed by atoms with Crippen molar-refractivity contribution in [3.63, 3.8) is 0 Å².